The minimum absolute atomic E-state index is 0.236. The van der Waals surface area contributed by atoms with Gasteiger partial charge < -0.3 is 10.2 Å². The van der Waals surface area contributed by atoms with Gasteiger partial charge in [-0.25, -0.2) is 9.56 Å². The third kappa shape index (κ3) is 6.15. The first kappa shape index (κ1) is 9.27. The van der Waals surface area contributed by atoms with Crippen molar-refractivity contribution < 1.29 is 19.8 Å². The predicted octanol–water partition coefficient (Wildman–Crippen LogP) is -0.532. The largest absolute Gasteiger partial charge is 0.394 e. The van der Waals surface area contributed by atoms with Gasteiger partial charge in [-0.15, -0.1) is 0 Å². The van der Waals surface area contributed by atoms with Gasteiger partial charge in [0, 0.05) is 15.9 Å². The Morgan fingerprint density at radius 1 is 1.56 bits per heavy atom. The van der Waals surface area contributed by atoms with Crippen molar-refractivity contribution in [2.75, 3.05) is 13.2 Å². The van der Waals surface area contributed by atoms with Gasteiger partial charge in [0.2, 0.25) is 0 Å². The number of rotatable bonds is 5. The van der Waals surface area contributed by atoms with Crippen LogP contribution in [-0.4, -0.2) is 29.5 Å². The van der Waals surface area contributed by atoms with Crippen LogP contribution in [0.15, 0.2) is 0 Å². The zero-order chi connectivity index (χ0) is 7.11. The highest BCUT2D eigenvalue weighted by atomic mass is 31.0. The van der Waals surface area contributed by atoms with Crippen molar-refractivity contribution in [3.63, 3.8) is 0 Å². The zero-order valence-electron chi connectivity index (χ0n) is 4.99. The van der Waals surface area contributed by atoms with E-state index < -0.39 is 6.10 Å². The van der Waals surface area contributed by atoms with E-state index >= 15 is 0 Å². The minimum Gasteiger partial charge on any atom is -0.394 e. The maximum Gasteiger partial charge on any atom is 0.0850 e. The van der Waals surface area contributed by atoms with E-state index in [1.165, 1.54) is 0 Å². The van der Waals surface area contributed by atoms with Gasteiger partial charge in [0.05, 0.1) is 19.3 Å². The van der Waals surface area contributed by atoms with Crippen LogP contribution >= 0.6 is 9.47 Å². The van der Waals surface area contributed by atoms with Gasteiger partial charge in [0.1, 0.15) is 0 Å². The number of aliphatic hydroxyl groups is 2. The van der Waals surface area contributed by atoms with Crippen LogP contribution in [0.25, 0.3) is 0 Å². The van der Waals surface area contributed by atoms with E-state index in [2.05, 4.69) is 9.56 Å². The fourth-order valence-corrected chi connectivity index (χ4v) is 0.420. The number of aliphatic hydroxyl groups excluding tert-OH is 2. The topological polar surface area (TPSA) is 58.9 Å². The maximum atomic E-state index is 8.69. The highest BCUT2D eigenvalue weighted by Crippen LogP contribution is 1.93. The summed E-state index contributed by atoms with van der Waals surface area (Å²) in [7, 11) is 1.91. The van der Waals surface area contributed by atoms with Crippen LogP contribution < -0.4 is 0 Å². The van der Waals surface area contributed by atoms with Crippen LogP contribution in [0, 0.1) is 0 Å². The number of hydrogen-bond acceptors (Lipinski definition) is 4. The smallest absolute Gasteiger partial charge is 0.0850 e. The molecule has 0 aliphatic heterocycles. The molecule has 0 heterocycles. The van der Waals surface area contributed by atoms with Gasteiger partial charge in [0.25, 0.3) is 0 Å². The lowest BCUT2D eigenvalue weighted by molar-refractivity contribution is -0.197. The lowest BCUT2D eigenvalue weighted by atomic mass is 10.3. The van der Waals surface area contributed by atoms with Crippen molar-refractivity contribution >= 4 is 9.47 Å². The van der Waals surface area contributed by atoms with E-state index in [-0.39, 0.29) is 13.2 Å². The Hall–Kier alpha value is 0.270. The van der Waals surface area contributed by atoms with Gasteiger partial charge in [-0.05, 0) is 0 Å². The first-order valence-electron chi connectivity index (χ1n) is 2.58. The van der Waals surface area contributed by atoms with E-state index in [1.54, 1.807) is 0 Å². The van der Waals surface area contributed by atoms with Crippen LogP contribution in [0.3, 0.4) is 0 Å². The lowest BCUT2D eigenvalue weighted by Crippen LogP contribution is -2.14. The molecule has 0 aliphatic carbocycles. The van der Waals surface area contributed by atoms with Crippen LogP contribution in [0.4, 0.5) is 0 Å². The highest BCUT2D eigenvalue weighted by molar-refractivity contribution is 7.09. The first-order chi connectivity index (χ1) is 4.31. The molecule has 56 valence electrons. The van der Waals surface area contributed by atoms with Gasteiger partial charge in [-0.1, -0.05) is 0 Å². The summed E-state index contributed by atoms with van der Waals surface area (Å²) < 4.78 is 4.16. The van der Waals surface area contributed by atoms with Crippen LogP contribution in [0.2, 0.25) is 0 Å². The van der Waals surface area contributed by atoms with Crippen molar-refractivity contribution in [1.82, 2.24) is 0 Å². The Bertz CT molecular complexity index is 60.5. The SMILES string of the molecule is OCC(O)CCOOP. The summed E-state index contributed by atoms with van der Waals surface area (Å²) in [4.78, 5) is 4.40. The molecule has 0 aromatic heterocycles. The molecule has 2 N–H and O–H groups in total. The highest BCUT2D eigenvalue weighted by Gasteiger charge is 1.99. The van der Waals surface area contributed by atoms with E-state index in [1.807, 2.05) is 9.47 Å². The predicted molar refractivity (Wildman–Crippen MR) is 34.5 cm³/mol. The van der Waals surface area contributed by atoms with Gasteiger partial charge in [-0.2, -0.15) is 0 Å². The average Bonchev–Trinajstić information content (AvgIpc) is 1.89. The van der Waals surface area contributed by atoms with E-state index in [9.17, 15) is 0 Å². The summed E-state index contributed by atoms with van der Waals surface area (Å²) in [6, 6.07) is 0. The molecule has 0 aliphatic rings. The molecule has 0 aromatic carbocycles. The molecule has 0 radical (unpaired) electrons. The minimum atomic E-state index is -0.704. The molecule has 2 atom stereocenters. The second kappa shape index (κ2) is 6.39. The molecule has 9 heavy (non-hydrogen) atoms. The van der Waals surface area contributed by atoms with Crippen LogP contribution in [0.5, 0.6) is 0 Å². The summed E-state index contributed by atoms with van der Waals surface area (Å²) in [5, 5.41) is 17.0. The summed E-state index contributed by atoms with van der Waals surface area (Å²) in [5.74, 6) is 0. The van der Waals surface area contributed by atoms with Crippen molar-refractivity contribution in [2.45, 2.75) is 12.5 Å². The van der Waals surface area contributed by atoms with Gasteiger partial charge >= 0.3 is 0 Å². The molecule has 2 unspecified atom stereocenters. The molecule has 0 rings (SSSR count). The molecule has 0 spiro atoms. The zero-order valence-corrected chi connectivity index (χ0v) is 6.14. The molecule has 0 amide bonds. The fraction of sp³-hybridized carbons (Fsp3) is 1.00. The third-order valence-electron chi connectivity index (χ3n) is 0.813. The molecular formula is C4H11O4P. The first-order valence-corrected chi connectivity index (χ1v) is 3.05. The Balaban J connectivity index is 2.88. The van der Waals surface area contributed by atoms with Crippen molar-refractivity contribution in [3.05, 3.63) is 0 Å². The monoisotopic (exact) mass is 154 g/mol. The van der Waals surface area contributed by atoms with E-state index in [0.717, 1.165) is 0 Å². The maximum absolute atomic E-state index is 8.69. The molecule has 0 fully saturated rings. The molecule has 4 nitrogen and oxygen atoms in total. The summed E-state index contributed by atoms with van der Waals surface area (Å²) >= 11 is 0. The lowest BCUT2D eigenvalue weighted by Gasteiger charge is -2.04. The normalized spacial score (nSPS) is 13.7. The quantitative estimate of drug-likeness (QED) is 0.242. The third-order valence-corrected chi connectivity index (χ3v) is 0.949. The Morgan fingerprint density at radius 2 is 2.22 bits per heavy atom. The van der Waals surface area contributed by atoms with Crippen molar-refractivity contribution in [2.24, 2.45) is 0 Å². The van der Waals surface area contributed by atoms with Crippen LogP contribution in [0.1, 0.15) is 6.42 Å². The second-order valence-electron chi connectivity index (χ2n) is 1.54. The average molecular weight is 154 g/mol. The fourth-order valence-electron chi connectivity index (χ4n) is 0.324. The van der Waals surface area contributed by atoms with Crippen molar-refractivity contribution in [1.29, 1.82) is 0 Å². The molecule has 0 saturated heterocycles. The molecule has 0 saturated carbocycles. The Morgan fingerprint density at radius 3 is 2.67 bits per heavy atom. The van der Waals surface area contributed by atoms with Gasteiger partial charge in [0.15, 0.2) is 0 Å². The molecule has 0 bridgehead atoms. The Labute approximate surface area is 56.0 Å². The van der Waals surface area contributed by atoms with Crippen LogP contribution in [-0.2, 0) is 9.56 Å². The molecule has 0 aromatic rings. The summed E-state index contributed by atoms with van der Waals surface area (Å²) in [6.45, 7) is 0.0471. The van der Waals surface area contributed by atoms with E-state index in [0.29, 0.717) is 6.42 Å². The van der Waals surface area contributed by atoms with Gasteiger partial charge in [-0.3, -0.25) is 0 Å². The summed E-state index contributed by atoms with van der Waals surface area (Å²) in [6.07, 6.45) is -0.324. The molecule has 5 heteroatoms. The van der Waals surface area contributed by atoms with Crippen molar-refractivity contribution in [3.8, 4) is 0 Å². The number of hydrogen-bond donors (Lipinski definition) is 2. The Kier molecular flexibility index (Phi) is 6.58. The van der Waals surface area contributed by atoms with E-state index in [4.69, 9.17) is 10.2 Å². The molecular weight excluding hydrogens is 143 g/mol. The second-order valence-corrected chi connectivity index (χ2v) is 1.74. The standard InChI is InChI=1S/C4H11O4P/c5-3-4(6)1-2-7-8-9/h4-6H,1-3,9H2. The summed E-state index contributed by atoms with van der Waals surface area (Å²) in [5.41, 5.74) is 0.